The van der Waals surface area contributed by atoms with Crippen molar-refractivity contribution >= 4 is 10.8 Å². The van der Waals surface area contributed by atoms with E-state index >= 15 is 0 Å². The maximum Gasteiger partial charge on any atom is 0.336 e. The van der Waals surface area contributed by atoms with Gasteiger partial charge in [-0.3, -0.25) is 4.57 Å². The van der Waals surface area contributed by atoms with Gasteiger partial charge < -0.3 is 5.11 Å². The van der Waals surface area contributed by atoms with Gasteiger partial charge in [0.2, 0.25) is 5.88 Å². The molecule has 0 amide bonds. The van der Waals surface area contributed by atoms with Gasteiger partial charge in [-0.05, 0) is 29.3 Å². The Morgan fingerprint density at radius 1 is 1.05 bits per heavy atom. The molecule has 4 heteroatoms. The molecule has 2 aliphatic rings. The average molecular weight is 290 g/mol. The largest absolute Gasteiger partial charge is 0.493 e. The van der Waals surface area contributed by atoms with Crippen molar-refractivity contribution in [2.45, 2.75) is 18.4 Å². The lowest BCUT2D eigenvalue weighted by atomic mass is 10.1. The van der Waals surface area contributed by atoms with E-state index in [0.29, 0.717) is 5.69 Å². The third-order valence-electron chi connectivity index (χ3n) is 4.83. The first-order chi connectivity index (χ1) is 10.7. The van der Waals surface area contributed by atoms with Crippen molar-refractivity contribution in [1.29, 1.82) is 0 Å². The summed E-state index contributed by atoms with van der Waals surface area (Å²) in [5, 5.41) is 12.8. The second kappa shape index (κ2) is 3.91. The maximum absolute atomic E-state index is 12.7. The second-order valence-corrected chi connectivity index (χ2v) is 6.02. The van der Waals surface area contributed by atoms with Gasteiger partial charge >= 0.3 is 5.69 Å². The molecule has 1 aliphatic carbocycles. The number of benzene rings is 2. The van der Waals surface area contributed by atoms with Crippen LogP contribution in [0, 0.1) is 0 Å². The molecule has 2 aromatic carbocycles. The SMILES string of the molecule is O=c1n(-c2ccc3ccccc3c2)c(O)c2n1C1C=CC2C1. The molecule has 2 unspecified atom stereocenters. The van der Waals surface area contributed by atoms with Gasteiger partial charge in [0.05, 0.1) is 17.4 Å². The molecule has 5 rings (SSSR count). The van der Waals surface area contributed by atoms with Crippen molar-refractivity contribution in [2.24, 2.45) is 0 Å². The molecule has 1 aliphatic heterocycles. The predicted molar refractivity (Wildman–Crippen MR) is 84.7 cm³/mol. The van der Waals surface area contributed by atoms with Crippen LogP contribution >= 0.6 is 0 Å². The Morgan fingerprint density at radius 2 is 1.86 bits per heavy atom. The zero-order valence-corrected chi connectivity index (χ0v) is 11.8. The highest BCUT2D eigenvalue weighted by Crippen LogP contribution is 2.46. The molecule has 22 heavy (non-hydrogen) atoms. The molecule has 0 fully saturated rings. The summed E-state index contributed by atoms with van der Waals surface area (Å²) in [6, 6.07) is 13.9. The fourth-order valence-electron chi connectivity index (χ4n) is 3.81. The highest BCUT2D eigenvalue weighted by atomic mass is 16.3. The lowest BCUT2D eigenvalue weighted by Gasteiger charge is -2.07. The molecule has 0 saturated heterocycles. The van der Waals surface area contributed by atoms with Crippen molar-refractivity contribution in [3.05, 3.63) is 70.8 Å². The average Bonchev–Trinajstić information content (AvgIpc) is 3.21. The summed E-state index contributed by atoms with van der Waals surface area (Å²) in [6.07, 6.45) is 5.05. The minimum atomic E-state index is -0.153. The number of hydrogen-bond acceptors (Lipinski definition) is 2. The molecule has 0 spiro atoms. The van der Waals surface area contributed by atoms with Crippen molar-refractivity contribution in [3.63, 3.8) is 0 Å². The van der Waals surface area contributed by atoms with Crippen molar-refractivity contribution < 1.29 is 5.11 Å². The van der Waals surface area contributed by atoms with Crippen LogP contribution in [0.15, 0.2) is 59.4 Å². The summed E-state index contributed by atoms with van der Waals surface area (Å²) in [6.45, 7) is 0. The van der Waals surface area contributed by atoms with Crippen LogP contribution in [0.4, 0.5) is 0 Å². The molecule has 2 heterocycles. The van der Waals surface area contributed by atoms with Crippen LogP contribution < -0.4 is 5.69 Å². The van der Waals surface area contributed by atoms with E-state index in [-0.39, 0.29) is 23.5 Å². The maximum atomic E-state index is 12.7. The molecule has 0 radical (unpaired) electrons. The molecule has 0 saturated carbocycles. The number of allylic oxidation sites excluding steroid dienone is 2. The fourth-order valence-corrected chi connectivity index (χ4v) is 3.81. The summed E-state index contributed by atoms with van der Waals surface area (Å²) >= 11 is 0. The number of rotatable bonds is 1. The first-order valence-electron chi connectivity index (χ1n) is 7.47. The summed E-state index contributed by atoms with van der Waals surface area (Å²) < 4.78 is 3.16. The normalized spacial score (nSPS) is 21.6. The van der Waals surface area contributed by atoms with E-state index in [9.17, 15) is 9.90 Å². The molecule has 108 valence electrons. The van der Waals surface area contributed by atoms with Crippen LogP contribution in [-0.4, -0.2) is 14.2 Å². The quantitative estimate of drug-likeness (QED) is 0.700. The van der Waals surface area contributed by atoms with Crippen LogP contribution in [-0.2, 0) is 0 Å². The van der Waals surface area contributed by atoms with E-state index < -0.39 is 0 Å². The first-order valence-corrected chi connectivity index (χ1v) is 7.47. The first kappa shape index (κ1) is 11.9. The van der Waals surface area contributed by atoms with Gasteiger partial charge in [-0.1, -0.05) is 42.5 Å². The summed E-state index contributed by atoms with van der Waals surface area (Å²) in [5.74, 6) is 0.247. The standard InChI is InChI=1S/C18H14N2O2/c21-17-16-13-6-8-14(10-13)19(16)18(22)20(17)15-7-5-11-3-1-2-4-12(11)9-15/h1-9,13-14,21H,10H2. The zero-order chi connectivity index (χ0) is 14.8. The third-order valence-corrected chi connectivity index (χ3v) is 4.83. The number of fused-ring (bicyclic) bond motifs is 6. The Balaban J connectivity index is 1.78. The van der Waals surface area contributed by atoms with Gasteiger partial charge in [0.1, 0.15) is 0 Å². The highest BCUT2D eigenvalue weighted by molar-refractivity contribution is 5.84. The Bertz CT molecular complexity index is 1010. The number of nitrogens with zero attached hydrogens (tertiary/aromatic N) is 2. The molecule has 2 bridgehead atoms. The van der Waals surface area contributed by atoms with E-state index in [0.717, 1.165) is 22.9 Å². The fraction of sp³-hybridized carbons (Fsp3) is 0.167. The van der Waals surface area contributed by atoms with Crippen LogP contribution in [0.1, 0.15) is 24.1 Å². The van der Waals surface area contributed by atoms with Gasteiger partial charge in [0, 0.05) is 5.92 Å². The third kappa shape index (κ3) is 1.34. The lowest BCUT2D eigenvalue weighted by molar-refractivity contribution is 0.433. The minimum Gasteiger partial charge on any atom is -0.493 e. The summed E-state index contributed by atoms with van der Waals surface area (Å²) in [5.41, 5.74) is 1.31. The van der Waals surface area contributed by atoms with Crippen molar-refractivity contribution in [2.75, 3.05) is 0 Å². The Labute approximate surface area is 126 Å². The van der Waals surface area contributed by atoms with Crippen LogP contribution in [0.5, 0.6) is 5.88 Å². The molecule has 2 atom stereocenters. The van der Waals surface area contributed by atoms with Crippen molar-refractivity contribution in [1.82, 2.24) is 9.13 Å². The van der Waals surface area contributed by atoms with E-state index in [4.69, 9.17) is 0 Å². The van der Waals surface area contributed by atoms with E-state index in [1.807, 2.05) is 42.5 Å². The summed E-state index contributed by atoms with van der Waals surface area (Å²) in [7, 11) is 0. The number of aromatic nitrogens is 2. The van der Waals surface area contributed by atoms with E-state index in [1.54, 1.807) is 4.57 Å². The van der Waals surface area contributed by atoms with Gasteiger partial charge in [0.25, 0.3) is 0 Å². The number of hydrogen-bond donors (Lipinski definition) is 1. The molecule has 1 aromatic heterocycles. The molecular formula is C18H14N2O2. The topological polar surface area (TPSA) is 47.2 Å². The lowest BCUT2D eigenvalue weighted by Crippen LogP contribution is -2.24. The van der Waals surface area contributed by atoms with Crippen LogP contribution in [0.2, 0.25) is 0 Å². The van der Waals surface area contributed by atoms with Gasteiger partial charge in [-0.25, -0.2) is 9.36 Å². The molecule has 1 N–H and O–H groups in total. The van der Waals surface area contributed by atoms with Crippen LogP contribution in [0.25, 0.3) is 16.5 Å². The van der Waals surface area contributed by atoms with Crippen LogP contribution in [0.3, 0.4) is 0 Å². The number of imidazole rings is 1. The Morgan fingerprint density at radius 3 is 2.68 bits per heavy atom. The van der Waals surface area contributed by atoms with Gasteiger partial charge in [0.15, 0.2) is 0 Å². The van der Waals surface area contributed by atoms with Crippen molar-refractivity contribution in [3.8, 4) is 11.6 Å². The van der Waals surface area contributed by atoms with Gasteiger partial charge in [-0.2, -0.15) is 0 Å². The Hall–Kier alpha value is -2.75. The zero-order valence-electron chi connectivity index (χ0n) is 11.8. The van der Waals surface area contributed by atoms with E-state index in [2.05, 4.69) is 12.2 Å². The summed E-state index contributed by atoms with van der Waals surface area (Å²) in [4.78, 5) is 12.7. The number of aromatic hydroxyl groups is 1. The monoisotopic (exact) mass is 290 g/mol. The van der Waals surface area contributed by atoms with E-state index in [1.165, 1.54) is 4.57 Å². The smallest absolute Gasteiger partial charge is 0.336 e. The highest BCUT2D eigenvalue weighted by Gasteiger charge is 2.39. The Kier molecular flexibility index (Phi) is 2.11. The van der Waals surface area contributed by atoms with Gasteiger partial charge in [-0.15, -0.1) is 0 Å². The molecular weight excluding hydrogens is 276 g/mol. The predicted octanol–water partition coefficient (Wildman–Crippen LogP) is 3.10. The minimum absolute atomic E-state index is 0.0807. The molecule has 3 aromatic rings. The second-order valence-electron chi connectivity index (χ2n) is 6.02. The molecule has 4 nitrogen and oxygen atoms in total.